The Bertz CT molecular complexity index is 988. The quantitative estimate of drug-likeness (QED) is 0.727. The van der Waals surface area contributed by atoms with Crippen LogP contribution in [0.1, 0.15) is 20.7 Å². The maximum atomic E-state index is 13.4. The first-order chi connectivity index (χ1) is 14.8. The van der Waals surface area contributed by atoms with Gasteiger partial charge in [0.1, 0.15) is 5.75 Å². The highest BCUT2D eigenvalue weighted by Crippen LogP contribution is 2.17. The molecule has 0 atom stereocenters. The standard InChI is InChI=1S/C22H23F2N3O4/c1-25(2)20(28)14-31-17-5-3-4-15(12-17)21(29)26-8-10-27(11-9-26)22(30)16-6-7-18(23)19(24)13-16/h3-7,12-13H,8-11,14H2,1-2H3. The van der Waals surface area contributed by atoms with E-state index in [0.29, 0.717) is 24.4 Å². The molecule has 0 N–H and O–H groups in total. The number of hydrogen-bond acceptors (Lipinski definition) is 4. The second kappa shape index (κ2) is 9.55. The van der Waals surface area contributed by atoms with E-state index in [2.05, 4.69) is 0 Å². The van der Waals surface area contributed by atoms with Crippen molar-refractivity contribution in [2.45, 2.75) is 0 Å². The summed E-state index contributed by atoms with van der Waals surface area (Å²) in [4.78, 5) is 41.5. The summed E-state index contributed by atoms with van der Waals surface area (Å²) in [7, 11) is 3.26. The lowest BCUT2D eigenvalue weighted by molar-refractivity contribution is -0.130. The van der Waals surface area contributed by atoms with Crippen LogP contribution < -0.4 is 4.74 Å². The zero-order chi connectivity index (χ0) is 22.5. The highest BCUT2D eigenvalue weighted by Gasteiger charge is 2.26. The zero-order valence-corrected chi connectivity index (χ0v) is 17.3. The Morgan fingerprint density at radius 2 is 1.45 bits per heavy atom. The largest absolute Gasteiger partial charge is 0.484 e. The van der Waals surface area contributed by atoms with E-state index in [1.807, 2.05) is 0 Å². The Kier molecular flexibility index (Phi) is 6.84. The molecule has 0 unspecified atom stereocenters. The van der Waals surface area contributed by atoms with Gasteiger partial charge in [0, 0.05) is 51.4 Å². The Labute approximate surface area is 178 Å². The van der Waals surface area contributed by atoms with Gasteiger partial charge in [-0.1, -0.05) is 6.07 Å². The minimum atomic E-state index is -1.07. The number of rotatable bonds is 5. The van der Waals surface area contributed by atoms with Gasteiger partial charge in [0.05, 0.1) is 0 Å². The highest BCUT2D eigenvalue weighted by molar-refractivity contribution is 5.96. The number of piperazine rings is 1. The van der Waals surface area contributed by atoms with Crippen LogP contribution in [0.15, 0.2) is 42.5 Å². The number of carbonyl (C=O) groups excluding carboxylic acids is 3. The molecule has 0 saturated carbocycles. The minimum Gasteiger partial charge on any atom is -0.484 e. The van der Waals surface area contributed by atoms with Crippen molar-refractivity contribution in [1.82, 2.24) is 14.7 Å². The molecule has 1 aliphatic heterocycles. The van der Waals surface area contributed by atoms with Gasteiger partial charge in [-0.2, -0.15) is 0 Å². The van der Waals surface area contributed by atoms with E-state index in [1.54, 1.807) is 43.3 Å². The third kappa shape index (κ3) is 5.36. The van der Waals surface area contributed by atoms with Crippen LogP contribution in [0.4, 0.5) is 8.78 Å². The molecule has 0 radical (unpaired) electrons. The van der Waals surface area contributed by atoms with Gasteiger partial charge in [0.15, 0.2) is 18.2 Å². The van der Waals surface area contributed by atoms with Crippen LogP contribution in [0.25, 0.3) is 0 Å². The normalized spacial score (nSPS) is 13.7. The van der Waals surface area contributed by atoms with Gasteiger partial charge in [-0.05, 0) is 36.4 Å². The van der Waals surface area contributed by atoms with Crippen molar-refractivity contribution in [2.24, 2.45) is 0 Å². The summed E-state index contributed by atoms with van der Waals surface area (Å²) in [6, 6.07) is 9.60. The van der Waals surface area contributed by atoms with Crippen molar-refractivity contribution >= 4 is 17.7 Å². The Balaban J connectivity index is 1.58. The number of benzene rings is 2. The molecule has 1 fully saturated rings. The van der Waals surface area contributed by atoms with Crippen molar-refractivity contribution in [3.63, 3.8) is 0 Å². The van der Waals surface area contributed by atoms with Gasteiger partial charge in [0.25, 0.3) is 17.7 Å². The third-order valence-corrected chi connectivity index (χ3v) is 4.96. The summed E-state index contributed by atoms with van der Waals surface area (Å²) in [5.74, 6) is -2.50. The van der Waals surface area contributed by atoms with Crippen LogP contribution in [-0.4, -0.2) is 79.3 Å². The highest BCUT2D eigenvalue weighted by atomic mass is 19.2. The number of carbonyl (C=O) groups is 3. The monoisotopic (exact) mass is 431 g/mol. The number of nitrogens with zero attached hydrogens (tertiary/aromatic N) is 3. The molecule has 3 rings (SSSR count). The van der Waals surface area contributed by atoms with Crippen molar-refractivity contribution in [1.29, 1.82) is 0 Å². The lowest BCUT2D eigenvalue weighted by atomic mass is 10.1. The molecule has 0 aromatic heterocycles. The molecule has 0 spiro atoms. The summed E-state index contributed by atoms with van der Waals surface area (Å²) in [6.07, 6.45) is 0. The summed E-state index contributed by atoms with van der Waals surface area (Å²) < 4.78 is 31.9. The molecule has 0 bridgehead atoms. The van der Waals surface area contributed by atoms with Crippen LogP contribution in [0.3, 0.4) is 0 Å². The fourth-order valence-corrected chi connectivity index (χ4v) is 3.10. The number of likely N-dealkylation sites (N-methyl/N-ethyl adjacent to an activating group) is 1. The SMILES string of the molecule is CN(C)C(=O)COc1cccc(C(=O)N2CCN(C(=O)c3ccc(F)c(F)c3)CC2)c1. The molecule has 1 aliphatic rings. The number of amides is 3. The van der Waals surface area contributed by atoms with Gasteiger partial charge in [-0.3, -0.25) is 14.4 Å². The first-order valence-corrected chi connectivity index (χ1v) is 9.73. The fraction of sp³-hybridized carbons (Fsp3) is 0.318. The van der Waals surface area contributed by atoms with E-state index >= 15 is 0 Å². The van der Waals surface area contributed by atoms with E-state index in [1.165, 1.54) is 15.9 Å². The van der Waals surface area contributed by atoms with Crippen LogP contribution in [-0.2, 0) is 4.79 Å². The number of ether oxygens (including phenoxy) is 1. The minimum absolute atomic E-state index is 0.0656. The van der Waals surface area contributed by atoms with Crippen molar-refractivity contribution in [2.75, 3.05) is 46.9 Å². The van der Waals surface area contributed by atoms with Gasteiger partial charge in [-0.25, -0.2) is 8.78 Å². The molecule has 2 aromatic rings. The number of halogens is 2. The average Bonchev–Trinajstić information content (AvgIpc) is 2.78. The van der Waals surface area contributed by atoms with Crippen LogP contribution in [0.5, 0.6) is 5.75 Å². The predicted molar refractivity (Wildman–Crippen MR) is 109 cm³/mol. The van der Waals surface area contributed by atoms with Gasteiger partial charge in [-0.15, -0.1) is 0 Å². The van der Waals surface area contributed by atoms with E-state index < -0.39 is 17.5 Å². The van der Waals surface area contributed by atoms with Crippen molar-refractivity contribution in [3.05, 3.63) is 65.2 Å². The predicted octanol–water partition coefficient (Wildman–Crippen LogP) is 2.03. The smallest absolute Gasteiger partial charge is 0.259 e. The van der Waals surface area contributed by atoms with Crippen molar-refractivity contribution in [3.8, 4) is 5.75 Å². The first-order valence-electron chi connectivity index (χ1n) is 9.73. The maximum Gasteiger partial charge on any atom is 0.259 e. The van der Waals surface area contributed by atoms with Gasteiger partial charge < -0.3 is 19.4 Å². The van der Waals surface area contributed by atoms with Gasteiger partial charge >= 0.3 is 0 Å². The average molecular weight is 431 g/mol. The van der Waals surface area contributed by atoms with E-state index in [0.717, 1.165) is 12.1 Å². The summed E-state index contributed by atoms with van der Waals surface area (Å²) in [5, 5.41) is 0. The molecule has 1 heterocycles. The molecule has 7 nitrogen and oxygen atoms in total. The topological polar surface area (TPSA) is 70.2 Å². The molecule has 0 aliphatic carbocycles. The van der Waals surface area contributed by atoms with E-state index in [4.69, 9.17) is 4.74 Å². The van der Waals surface area contributed by atoms with Crippen LogP contribution in [0, 0.1) is 11.6 Å². The third-order valence-electron chi connectivity index (χ3n) is 4.96. The second-order valence-corrected chi connectivity index (χ2v) is 7.32. The molecule has 9 heteroatoms. The first kappa shape index (κ1) is 22.2. The lowest BCUT2D eigenvalue weighted by Crippen LogP contribution is -2.50. The molecule has 31 heavy (non-hydrogen) atoms. The Morgan fingerprint density at radius 3 is 2.00 bits per heavy atom. The molecule has 1 saturated heterocycles. The summed E-state index contributed by atoms with van der Waals surface area (Å²) in [6.45, 7) is 1.03. The lowest BCUT2D eigenvalue weighted by Gasteiger charge is -2.35. The van der Waals surface area contributed by atoms with E-state index in [9.17, 15) is 23.2 Å². The zero-order valence-electron chi connectivity index (χ0n) is 17.3. The van der Waals surface area contributed by atoms with E-state index in [-0.39, 0.29) is 37.1 Å². The van der Waals surface area contributed by atoms with Crippen molar-refractivity contribution < 1.29 is 27.9 Å². The Morgan fingerprint density at radius 1 is 0.871 bits per heavy atom. The maximum absolute atomic E-state index is 13.4. The molecular weight excluding hydrogens is 408 g/mol. The summed E-state index contributed by atoms with van der Waals surface area (Å²) in [5.41, 5.74) is 0.478. The van der Waals surface area contributed by atoms with Gasteiger partial charge in [0.2, 0.25) is 0 Å². The van der Waals surface area contributed by atoms with Crippen LogP contribution >= 0.6 is 0 Å². The van der Waals surface area contributed by atoms with Crippen LogP contribution in [0.2, 0.25) is 0 Å². The number of hydrogen-bond donors (Lipinski definition) is 0. The fourth-order valence-electron chi connectivity index (χ4n) is 3.10. The second-order valence-electron chi connectivity index (χ2n) is 7.32. The summed E-state index contributed by atoms with van der Waals surface area (Å²) >= 11 is 0. The molecule has 3 amide bonds. The Hall–Kier alpha value is -3.49. The molecule has 164 valence electrons. The molecular formula is C22H23F2N3O4. The molecule has 2 aromatic carbocycles.